The van der Waals surface area contributed by atoms with Crippen molar-refractivity contribution in [1.82, 2.24) is 19.6 Å². The normalized spacial score (nSPS) is 14.5. The molecular weight excluding hydrogens is 414 g/mol. The highest BCUT2D eigenvalue weighted by Gasteiger charge is 2.26. The summed E-state index contributed by atoms with van der Waals surface area (Å²) in [7, 11) is 0. The fourth-order valence-electron chi connectivity index (χ4n) is 3.68. The average Bonchev–Trinajstić information content (AvgIpc) is 3.17. The second kappa shape index (κ2) is 9.32. The predicted octanol–water partition coefficient (Wildman–Crippen LogP) is 3.23. The van der Waals surface area contributed by atoms with Crippen molar-refractivity contribution in [3.05, 3.63) is 77.1 Å². The van der Waals surface area contributed by atoms with Crippen molar-refractivity contribution in [2.45, 2.75) is 6.92 Å². The Bertz CT molecular complexity index is 1070. The van der Waals surface area contributed by atoms with Gasteiger partial charge in [0, 0.05) is 26.2 Å². The van der Waals surface area contributed by atoms with Crippen molar-refractivity contribution in [2.75, 3.05) is 38.0 Å². The van der Waals surface area contributed by atoms with Gasteiger partial charge in [-0.15, -0.1) is 0 Å². The standard InChI is InChI=1S/C23H24ClN5O2/c1-17-19(15-25-29(17)18-7-3-2-4-8-18)23(31)28-13-11-27(12-14-28)16-22(30)26-21-10-6-5-9-20(21)24/h2-10,15H,11-14,16H2,1H3,(H,26,30). The summed E-state index contributed by atoms with van der Waals surface area (Å²) in [6.07, 6.45) is 1.63. The molecule has 0 radical (unpaired) electrons. The number of piperazine rings is 1. The Morgan fingerprint density at radius 3 is 2.39 bits per heavy atom. The molecule has 2 aromatic carbocycles. The molecule has 1 N–H and O–H groups in total. The lowest BCUT2D eigenvalue weighted by Gasteiger charge is -2.34. The molecule has 7 nitrogen and oxygen atoms in total. The molecule has 160 valence electrons. The molecule has 0 atom stereocenters. The van der Waals surface area contributed by atoms with E-state index in [-0.39, 0.29) is 18.4 Å². The third-order valence-electron chi connectivity index (χ3n) is 5.42. The monoisotopic (exact) mass is 437 g/mol. The van der Waals surface area contributed by atoms with Crippen LogP contribution in [0.3, 0.4) is 0 Å². The molecule has 0 unspecified atom stereocenters. The zero-order valence-electron chi connectivity index (χ0n) is 17.3. The molecule has 3 aromatic rings. The van der Waals surface area contributed by atoms with Crippen LogP contribution in [0.4, 0.5) is 5.69 Å². The van der Waals surface area contributed by atoms with Crippen molar-refractivity contribution in [1.29, 1.82) is 0 Å². The topological polar surface area (TPSA) is 70.5 Å². The Hall–Kier alpha value is -3.16. The molecule has 4 rings (SSSR count). The molecule has 0 aliphatic carbocycles. The van der Waals surface area contributed by atoms with Crippen LogP contribution in [0, 0.1) is 6.92 Å². The largest absolute Gasteiger partial charge is 0.336 e. The Kier molecular flexibility index (Phi) is 6.34. The zero-order chi connectivity index (χ0) is 21.8. The minimum atomic E-state index is -0.118. The van der Waals surface area contributed by atoms with Crippen LogP contribution in [0.2, 0.25) is 5.02 Å². The van der Waals surface area contributed by atoms with E-state index in [4.69, 9.17) is 11.6 Å². The van der Waals surface area contributed by atoms with E-state index in [1.54, 1.807) is 23.0 Å². The maximum absolute atomic E-state index is 13.0. The molecule has 1 aliphatic rings. The maximum atomic E-state index is 13.0. The molecule has 2 heterocycles. The van der Waals surface area contributed by atoms with E-state index < -0.39 is 0 Å². The summed E-state index contributed by atoms with van der Waals surface area (Å²) in [5, 5.41) is 7.75. The summed E-state index contributed by atoms with van der Waals surface area (Å²) in [6.45, 7) is 4.56. The quantitative estimate of drug-likeness (QED) is 0.665. The van der Waals surface area contributed by atoms with Crippen LogP contribution in [0.15, 0.2) is 60.8 Å². The van der Waals surface area contributed by atoms with E-state index >= 15 is 0 Å². The van der Waals surface area contributed by atoms with Gasteiger partial charge in [0.05, 0.1) is 40.4 Å². The van der Waals surface area contributed by atoms with Gasteiger partial charge < -0.3 is 10.2 Å². The lowest BCUT2D eigenvalue weighted by atomic mass is 10.2. The Morgan fingerprint density at radius 1 is 1.00 bits per heavy atom. The van der Waals surface area contributed by atoms with Gasteiger partial charge in [-0.3, -0.25) is 14.5 Å². The fourth-order valence-corrected chi connectivity index (χ4v) is 3.87. The molecule has 2 amide bonds. The molecular formula is C23H24ClN5O2. The SMILES string of the molecule is Cc1c(C(=O)N2CCN(CC(=O)Nc3ccccc3Cl)CC2)cnn1-c1ccccc1. The summed E-state index contributed by atoms with van der Waals surface area (Å²) in [5.41, 5.74) is 2.95. The summed E-state index contributed by atoms with van der Waals surface area (Å²) in [6, 6.07) is 16.9. The van der Waals surface area contributed by atoms with E-state index in [1.165, 1.54) is 0 Å². The van der Waals surface area contributed by atoms with Gasteiger partial charge in [0.2, 0.25) is 5.91 Å². The number of nitrogens with one attached hydrogen (secondary N) is 1. The third kappa shape index (κ3) is 4.78. The maximum Gasteiger partial charge on any atom is 0.257 e. The van der Waals surface area contributed by atoms with Gasteiger partial charge >= 0.3 is 0 Å². The second-order valence-electron chi connectivity index (χ2n) is 7.49. The minimum absolute atomic E-state index is 0.0279. The highest BCUT2D eigenvalue weighted by molar-refractivity contribution is 6.33. The Labute approximate surface area is 186 Å². The minimum Gasteiger partial charge on any atom is -0.336 e. The number of aromatic nitrogens is 2. The first-order valence-electron chi connectivity index (χ1n) is 10.2. The van der Waals surface area contributed by atoms with Gasteiger partial charge in [-0.25, -0.2) is 4.68 Å². The van der Waals surface area contributed by atoms with Crippen LogP contribution in [0.25, 0.3) is 5.69 Å². The molecule has 1 fully saturated rings. The highest BCUT2D eigenvalue weighted by Crippen LogP contribution is 2.20. The number of amides is 2. The number of hydrogen-bond acceptors (Lipinski definition) is 4. The number of nitrogens with zero attached hydrogens (tertiary/aromatic N) is 4. The number of halogens is 1. The van der Waals surface area contributed by atoms with E-state index in [0.717, 1.165) is 11.4 Å². The molecule has 0 saturated carbocycles. The van der Waals surface area contributed by atoms with E-state index in [1.807, 2.05) is 59.2 Å². The second-order valence-corrected chi connectivity index (χ2v) is 7.89. The number of rotatable bonds is 5. The average molecular weight is 438 g/mol. The van der Waals surface area contributed by atoms with Crippen LogP contribution in [0.1, 0.15) is 16.1 Å². The van der Waals surface area contributed by atoms with Gasteiger partial charge in [-0.1, -0.05) is 41.9 Å². The third-order valence-corrected chi connectivity index (χ3v) is 5.75. The van der Waals surface area contributed by atoms with Gasteiger partial charge in [0.25, 0.3) is 5.91 Å². The number of hydrogen-bond donors (Lipinski definition) is 1. The summed E-state index contributed by atoms with van der Waals surface area (Å²) >= 11 is 6.10. The lowest BCUT2D eigenvalue weighted by molar-refractivity contribution is -0.117. The van der Waals surface area contributed by atoms with Crippen LogP contribution in [-0.2, 0) is 4.79 Å². The Morgan fingerprint density at radius 2 is 1.68 bits per heavy atom. The van der Waals surface area contributed by atoms with Gasteiger partial charge in [-0.05, 0) is 31.2 Å². The van der Waals surface area contributed by atoms with Gasteiger partial charge in [0.1, 0.15) is 0 Å². The van der Waals surface area contributed by atoms with E-state index in [2.05, 4.69) is 10.4 Å². The van der Waals surface area contributed by atoms with E-state index in [9.17, 15) is 9.59 Å². The molecule has 0 spiro atoms. The first kappa shape index (κ1) is 21.1. The first-order valence-corrected chi connectivity index (χ1v) is 10.6. The van der Waals surface area contributed by atoms with Gasteiger partial charge in [-0.2, -0.15) is 5.10 Å². The molecule has 8 heteroatoms. The summed E-state index contributed by atoms with van der Waals surface area (Å²) in [5.74, 6) is -0.146. The smallest absolute Gasteiger partial charge is 0.257 e. The summed E-state index contributed by atoms with van der Waals surface area (Å²) in [4.78, 5) is 29.2. The van der Waals surface area contributed by atoms with Crippen molar-refractivity contribution in [3.8, 4) is 5.69 Å². The summed E-state index contributed by atoms with van der Waals surface area (Å²) < 4.78 is 1.78. The van der Waals surface area contributed by atoms with Crippen LogP contribution in [-0.4, -0.2) is 64.1 Å². The lowest BCUT2D eigenvalue weighted by Crippen LogP contribution is -2.50. The van der Waals surface area contributed by atoms with Crippen LogP contribution in [0.5, 0.6) is 0 Å². The zero-order valence-corrected chi connectivity index (χ0v) is 18.0. The fraction of sp³-hybridized carbons (Fsp3) is 0.261. The van der Waals surface area contributed by atoms with Crippen LogP contribution < -0.4 is 5.32 Å². The van der Waals surface area contributed by atoms with E-state index in [0.29, 0.717) is 42.5 Å². The highest BCUT2D eigenvalue weighted by atomic mass is 35.5. The van der Waals surface area contributed by atoms with Crippen LogP contribution >= 0.6 is 11.6 Å². The molecule has 1 aromatic heterocycles. The predicted molar refractivity (Wildman–Crippen MR) is 121 cm³/mol. The molecule has 1 saturated heterocycles. The van der Waals surface area contributed by atoms with Gasteiger partial charge in [0.15, 0.2) is 0 Å². The molecule has 1 aliphatic heterocycles. The Balaban J connectivity index is 1.33. The number of carbonyl (C=O) groups excluding carboxylic acids is 2. The first-order chi connectivity index (χ1) is 15.0. The van der Waals surface area contributed by atoms with Crippen molar-refractivity contribution < 1.29 is 9.59 Å². The number of benzene rings is 2. The number of anilines is 1. The number of carbonyl (C=O) groups is 2. The number of para-hydroxylation sites is 2. The van der Waals surface area contributed by atoms with Crippen molar-refractivity contribution >= 4 is 29.1 Å². The van der Waals surface area contributed by atoms with Crippen molar-refractivity contribution in [2.24, 2.45) is 0 Å². The molecule has 0 bridgehead atoms. The van der Waals surface area contributed by atoms with Crippen molar-refractivity contribution in [3.63, 3.8) is 0 Å². The molecule has 31 heavy (non-hydrogen) atoms.